The fourth-order valence-electron chi connectivity index (χ4n) is 1.81. The smallest absolute Gasteiger partial charge is 0.255 e. The third kappa shape index (κ3) is 4.93. The number of hydrogen-bond donors (Lipinski definition) is 1. The van der Waals surface area contributed by atoms with Crippen molar-refractivity contribution < 1.29 is 13.2 Å². The van der Waals surface area contributed by atoms with E-state index in [0.717, 1.165) is 17.4 Å². The van der Waals surface area contributed by atoms with Crippen LogP contribution in [0.3, 0.4) is 0 Å². The molecule has 0 aliphatic rings. The van der Waals surface area contributed by atoms with E-state index in [1.54, 1.807) is 24.3 Å². The van der Waals surface area contributed by atoms with E-state index in [-0.39, 0.29) is 0 Å². The molecule has 0 radical (unpaired) electrons. The zero-order chi connectivity index (χ0) is 15.8. The van der Waals surface area contributed by atoms with Crippen molar-refractivity contribution in [3.05, 3.63) is 65.6 Å². The first kappa shape index (κ1) is 16.1. The van der Waals surface area contributed by atoms with Gasteiger partial charge >= 0.3 is 0 Å². The summed E-state index contributed by atoms with van der Waals surface area (Å²) in [6.07, 6.45) is 2.41. The van der Waals surface area contributed by atoms with E-state index in [2.05, 4.69) is 4.72 Å². The summed E-state index contributed by atoms with van der Waals surface area (Å²) in [5, 5.41) is 1.15. The average molecular weight is 317 g/mol. The number of sulfonamides is 1. The molecule has 2 aromatic rings. The van der Waals surface area contributed by atoms with Gasteiger partial charge in [0.25, 0.3) is 10.0 Å². The molecule has 0 spiro atoms. The van der Waals surface area contributed by atoms with Gasteiger partial charge in [-0.05, 0) is 30.2 Å². The lowest BCUT2D eigenvalue weighted by atomic mass is 10.2. The largest absolute Gasteiger partial charge is 0.491 e. The number of benzene rings is 2. The number of hydrogen-bond acceptors (Lipinski definition) is 3. The Morgan fingerprint density at radius 2 is 1.73 bits per heavy atom. The summed E-state index contributed by atoms with van der Waals surface area (Å²) in [5.41, 5.74) is 1.26. The van der Waals surface area contributed by atoms with Gasteiger partial charge in [-0.3, -0.25) is 4.72 Å². The first-order valence-electron chi connectivity index (χ1n) is 7.08. The summed E-state index contributed by atoms with van der Waals surface area (Å²) in [7, 11) is -3.59. The van der Waals surface area contributed by atoms with E-state index in [0.29, 0.717) is 18.0 Å². The van der Waals surface area contributed by atoms with Gasteiger partial charge in [0.2, 0.25) is 0 Å². The Kier molecular flexibility index (Phi) is 5.61. The van der Waals surface area contributed by atoms with E-state index in [1.165, 1.54) is 0 Å². The van der Waals surface area contributed by atoms with Gasteiger partial charge in [-0.2, -0.15) is 0 Å². The Morgan fingerprint density at radius 3 is 2.45 bits per heavy atom. The van der Waals surface area contributed by atoms with Crippen molar-refractivity contribution in [2.75, 3.05) is 11.3 Å². The predicted octanol–water partition coefficient (Wildman–Crippen LogP) is 3.89. The SMILES string of the molecule is CCCOc1ccccc1NS(=O)(=O)/C=C/c1ccccc1. The second-order valence-corrected chi connectivity index (χ2v) is 6.27. The van der Waals surface area contributed by atoms with Crippen molar-refractivity contribution in [2.45, 2.75) is 13.3 Å². The van der Waals surface area contributed by atoms with E-state index in [4.69, 9.17) is 4.74 Å². The first-order chi connectivity index (χ1) is 10.6. The maximum atomic E-state index is 12.1. The number of rotatable bonds is 7. The molecule has 2 aromatic carbocycles. The molecule has 0 atom stereocenters. The number of anilines is 1. The van der Waals surface area contributed by atoms with Crippen LogP contribution in [0, 0.1) is 0 Å². The standard InChI is InChI=1S/C17H19NO3S/c1-2-13-21-17-11-7-6-10-16(17)18-22(19,20)14-12-15-8-4-3-5-9-15/h3-12,14,18H,2,13H2,1H3/b14-12+. The lowest BCUT2D eigenvalue weighted by molar-refractivity contribution is 0.319. The van der Waals surface area contributed by atoms with Crippen LogP contribution < -0.4 is 9.46 Å². The summed E-state index contributed by atoms with van der Waals surface area (Å²) >= 11 is 0. The Hall–Kier alpha value is -2.27. The number of para-hydroxylation sites is 2. The van der Waals surface area contributed by atoms with Gasteiger partial charge in [0.15, 0.2) is 0 Å². The van der Waals surface area contributed by atoms with Crippen LogP contribution in [0.2, 0.25) is 0 Å². The van der Waals surface area contributed by atoms with Gasteiger partial charge in [0.1, 0.15) is 5.75 Å². The van der Waals surface area contributed by atoms with Crippen molar-refractivity contribution in [3.63, 3.8) is 0 Å². The topological polar surface area (TPSA) is 55.4 Å². The molecule has 0 unspecified atom stereocenters. The third-order valence-electron chi connectivity index (χ3n) is 2.84. The predicted molar refractivity (Wildman–Crippen MR) is 90.2 cm³/mol. The molecule has 0 saturated carbocycles. The number of nitrogens with one attached hydrogen (secondary N) is 1. The van der Waals surface area contributed by atoms with E-state index < -0.39 is 10.0 Å². The average Bonchev–Trinajstić information content (AvgIpc) is 2.53. The van der Waals surface area contributed by atoms with Gasteiger partial charge in [0.05, 0.1) is 17.7 Å². The molecular weight excluding hydrogens is 298 g/mol. The van der Waals surface area contributed by atoms with Crippen LogP contribution in [0.1, 0.15) is 18.9 Å². The fourth-order valence-corrected chi connectivity index (χ4v) is 2.69. The lowest BCUT2D eigenvalue weighted by Gasteiger charge is -2.11. The summed E-state index contributed by atoms with van der Waals surface area (Å²) in [6, 6.07) is 16.3. The van der Waals surface area contributed by atoms with Crippen molar-refractivity contribution in [2.24, 2.45) is 0 Å². The highest BCUT2D eigenvalue weighted by Gasteiger charge is 2.10. The van der Waals surface area contributed by atoms with Gasteiger partial charge in [-0.1, -0.05) is 49.4 Å². The van der Waals surface area contributed by atoms with Crippen molar-refractivity contribution in [1.29, 1.82) is 0 Å². The highest BCUT2D eigenvalue weighted by atomic mass is 32.2. The Balaban J connectivity index is 2.14. The minimum atomic E-state index is -3.59. The minimum Gasteiger partial charge on any atom is -0.491 e. The summed E-state index contributed by atoms with van der Waals surface area (Å²) in [6.45, 7) is 2.54. The highest BCUT2D eigenvalue weighted by molar-refractivity contribution is 7.95. The van der Waals surface area contributed by atoms with E-state index in [9.17, 15) is 8.42 Å². The minimum absolute atomic E-state index is 0.439. The van der Waals surface area contributed by atoms with Crippen LogP contribution in [0.15, 0.2) is 60.0 Å². The molecular formula is C17H19NO3S. The molecule has 22 heavy (non-hydrogen) atoms. The molecule has 2 rings (SSSR count). The highest BCUT2D eigenvalue weighted by Crippen LogP contribution is 2.25. The summed E-state index contributed by atoms with van der Waals surface area (Å²) in [5.74, 6) is 0.529. The van der Waals surface area contributed by atoms with Crippen molar-refractivity contribution >= 4 is 21.8 Å². The molecule has 0 bridgehead atoms. The van der Waals surface area contributed by atoms with Crippen LogP contribution in [0.4, 0.5) is 5.69 Å². The molecule has 0 aliphatic carbocycles. The molecule has 0 saturated heterocycles. The summed E-state index contributed by atoms with van der Waals surface area (Å²) in [4.78, 5) is 0. The Morgan fingerprint density at radius 1 is 1.05 bits per heavy atom. The summed E-state index contributed by atoms with van der Waals surface area (Å²) < 4.78 is 32.4. The van der Waals surface area contributed by atoms with Crippen LogP contribution in [0.5, 0.6) is 5.75 Å². The lowest BCUT2D eigenvalue weighted by Crippen LogP contribution is -2.10. The molecule has 0 aromatic heterocycles. The van der Waals surface area contributed by atoms with E-state index in [1.807, 2.05) is 43.3 Å². The van der Waals surface area contributed by atoms with Crippen LogP contribution in [0.25, 0.3) is 6.08 Å². The molecule has 116 valence electrons. The first-order valence-corrected chi connectivity index (χ1v) is 8.63. The Labute approximate surface area is 131 Å². The zero-order valence-corrected chi connectivity index (χ0v) is 13.2. The van der Waals surface area contributed by atoms with Crippen LogP contribution >= 0.6 is 0 Å². The van der Waals surface area contributed by atoms with E-state index >= 15 is 0 Å². The van der Waals surface area contributed by atoms with Crippen LogP contribution in [-0.4, -0.2) is 15.0 Å². The van der Waals surface area contributed by atoms with Gasteiger partial charge < -0.3 is 4.74 Å². The van der Waals surface area contributed by atoms with Crippen LogP contribution in [-0.2, 0) is 10.0 Å². The van der Waals surface area contributed by atoms with Gasteiger partial charge in [-0.25, -0.2) is 8.42 Å². The normalized spacial score (nSPS) is 11.5. The number of ether oxygens (including phenoxy) is 1. The molecule has 0 aliphatic heterocycles. The maximum Gasteiger partial charge on any atom is 0.255 e. The second kappa shape index (κ2) is 7.66. The Bertz CT molecular complexity index is 725. The molecule has 1 N–H and O–H groups in total. The van der Waals surface area contributed by atoms with Gasteiger partial charge in [0, 0.05) is 0 Å². The zero-order valence-electron chi connectivity index (χ0n) is 12.4. The van der Waals surface area contributed by atoms with Gasteiger partial charge in [-0.15, -0.1) is 0 Å². The van der Waals surface area contributed by atoms with Crippen molar-refractivity contribution in [3.8, 4) is 5.75 Å². The molecule has 0 heterocycles. The fraction of sp³-hybridized carbons (Fsp3) is 0.176. The molecule has 4 nitrogen and oxygen atoms in total. The quantitative estimate of drug-likeness (QED) is 0.843. The monoisotopic (exact) mass is 317 g/mol. The second-order valence-electron chi connectivity index (χ2n) is 4.71. The maximum absolute atomic E-state index is 12.1. The molecule has 0 amide bonds. The van der Waals surface area contributed by atoms with Crippen molar-refractivity contribution in [1.82, 2.24) is 0 Å². The molecule has 5 heteroatoms. The third-order valence-corrected chi connectivity index (χ3v) is 3.84. The molecule has 0 fully saturated rings.